The van der Waals surface area contributed by atoms with Crippen molar-refractivity contribution in [3.63, 3.8) is 0 Å². The van der Waals surface area contributed by atoms with Crippen LogP contribution in [-0.4, -0.2) is 40.7 Å². The molecule has 1 N–H and O–H groups in total. The van der Waals surface area contributed by atoms with Gasteiger partial charge < -0.3 is 14.6 Å². The monoisotopic (exact) mass is 286 g/mol. The summed E-state index contributed by atoms with van der Waals surface area (Å²) in [5.41, 5.74) is 0.258. The molecule has 1 atom stereocenters. The third kappa shape index (κ3) is 2.45. The van der Waals surface area contributed by atoms with Gasteiger partial charge in [0.15, 0.2) is 0 Å². The molecule has 1 aliphatic heterocycles. The SMILES string of the molecule is CN1CCCC(n2cc(C(=O)O)c(=O)c3ccccc32)C1. The van der Waals surface area contributed by atoms with Crippen molar-refractivity contribution in [2.24, 2.45) is 0 Å². The van der Waals surface area contributed by atoms with Crippen molar-refractivity contribution in [3.05, 3.63) is 46.2 Å². The topological polar surface area (TPSA) is 62.5 Å². The largest absolute Gasteiger partial charge is 0.477 e. The maximum absolute atomic E-state index is 12.3. The first-order valence-corrected chi connectivity index (χ1v) is 7.13. The minimum absolute atomic E-state index is 0.151. The summed E-state index contributed by atoms with van der Waals surface area (Å²) in [6.07, 6.45) is 3.58. The van der Waals surface area contributed by atoms with Gasteiger partial charge in [-0.05, 0) is 38.6 Å². The molecule has 1 fully saturated rings. The van der Waals surface area contributed by atoms with Crippen LogP contribution in [0.25, 0.3) is 10.9 Å². The van der Waals surface area contributed by atoms with E-state index in [0.29, 0.717) is 5.39 Å². The first kappa shape index (κ1) is 13.8. The van der Waals surface area contributed by atoms with Gasteiger partial charge in [-0.25, -0.2) is 4.79 Å². The number of likely N-dealkylation sites (tertiary alicyclic amines) is 1. The number of hydrogen-bond acceptors (Lipinski definition) is 3. The van der Waals surface area contributed by atoms with E-state index >= 15 is 0 Å². The number of aromatic carboxylic acids is 1. The third-order valence-corrected chi connectivity index (χ3v) is 4.16. The number of carbonyl (C=O) groups is 1. The molecule has 1 aliphatic rings. The van der Waals surface area contributed by atoms with E-state index in [1.807, 2.05) is 16.7 Å². The van der Waals surface area contributed by atoms with Crippen LogP contribution in [0.2, 0.25) is 0 Å². The normalized spacial score (nSPS) is 19.8. The molecule has 0 radical (unpaired) electrons. The molecule has 2 aromatic rings. The minimum atomic E-state index is -1.16. The van der Waals surface area contributed by atoms with E-state index in [2.05, 4.69) is 11.9 Å². The van der Waals surface area contributed by atoms with Crippen LogP contribution in [0.1, 0.15) is 29.2 Å². The van der Waals surface area contributed by atoms with Crippen LogP contribution >= 0.6 is 0 Å². The van der Waals surface area contributed by atoms with E-state index in [4.69, 9.17) is 0 Å². The van der Waals surface area contributed by atoms with E-state index in [1.54, 1.807) is 12.1 Å². The number of pyridine rings is 1. The lowest BCUT2D eigenvalue weighted by atomic mass is 10.0. The number of aromatic nitrogens is 1. The molecule has 1 unspecified atom stereocenters. The highest BCUT2D eigenvalue weighted by atomic mass is 16.4. The van der Waals surface area contributed by atoms with Gasteiger partial charge in [0.2, 0.25) is 5.43 Å². The molecule has 21 heavy (non-hydrogen) atoms. The van der Waals surface area contributed by atoms with Crippen molar-refractivity contribution >= 4 is 16.9 Å². The van der Waals surface area contributed by atoms with E-state index in [1.165, 1.54) is 6.20 Å². The van der Waals surface area contributed by atoms with Gasteiger partial charge in [-0.3, -0.25) is 4.79 Å². The zero-order chi connectivity index (χ0) is 15.0. The summed E-state index contributed by atoms with van der Waals surface area (Å²) in [5.74, 6) is -1.16. The average Bonchev–Trinajstić information content (AvgIpc) is 2.47. The van der Waals surface area contributed by atoms with Gasteiger partial charge in [-0.15, -0.1) is 0 Å². The number of carboxylic acid groups (broad SMARTS) is 1. The molecular formula is C16H18N2O3. The van der Waals surface area contributed by atoms with Crippen molar-refractivity contribution in [3.8, 4) is 0 Å². The number of piperidine rings is 1. The minimum Gasteiger partial charge on any atom is -0.477 e. The summed E-state index contributed by atoms with van der Waals surface area (Å²) in [6, 6.07) is 7.44. The second-order valence-electron chi connectivity index (χ2n) is 5.66. The summed E-state index contributed by atoms with van der Waals surface area (Å²) in [5, 5.41) is 9.75. The van der Waals surface area contributed by atoms with Crippen molar-refractivity contribution < 1.29 is 9.90 Å². The number of carboxylic acids is 1. The lowest BCUT2D eigenvalue weighted by Crippen LogP contribution is -2.34. The molecule has 5 nitrogen and oxygen atoms in total. The Morgan fingerprint density at radius 2 is 2.10 bits per heavy atom. The molecule has 1 saturated heterocycles. The van der Waals surface area contributed by atoms with Gasteiger partial charge in [0.25, 0.3) is 0 Å². The predicted molar refractivity (Wildman–Crippen MR) is 80.9 cm³/mol. The highest BCUT2D eigenvalue weighted by Crippen LogP contribution is 2.24. The third-order valence-electron chi connectivity index (χ3n) is 4.16. The molecule has 1 aromatic heterocycles. The molecule has 1 aromatic carbocycles. The number of likely N-dealkylation sites (N-methyl/N-ethyl adjacent to an activating group) is 1. The Morgan fingerprint density at radius 3 is 2.81 bits per heavy atom. The van der Waals surface area contributed by atoms with E-state index < -0.39 is 11.4 Å². The lowest BCUT2D eigenvalue weighted by Gasteiger charge is -2.32. The zero-order valence-corrected chi connectivity index (χ0v) is 12.0. The molecule has 5 heteroatoms. The van der Waals surface area contributed by atoms with Crippen molar-refractivity contribution in [1.82, 2.24) is 9.47 Å². The number of rotatable bonds is 2. The quantitative estimate of drug-likeness (QED) is 0.916. The van der Waals surface area contributed by atoms with E-state index in [9.17, 15) is 14.7 Å². The number of fused-ring (bicyclic) bond motifs is 1. The predicted octanol–water partition coefficient (Wildman–Crippen LogP) is 1.97. The van der Waals surface area contributed by atoms with Gasteiger partial charge in [0.1, 0.15) is 5.56 Å². The van der Waals surface area contributed by atoms with E-state index in [-0.39, 0.29) is 11.6 Å². The number of benzene rings is 1. The molecule has 0 aliphatic carbocycles. The molecule has 0 saturated carbocycles. The Hall–Kier alpha value is -2.14. The van der Waals surface area contributed by atoms with Crippen LogP contribution in [0.15, 0.2) is 35.3 Å². The number of nitrogens with zero attached hydrogens (tertiary/aromatic N) is 2. The van der Waals surface area contributed by atoms with Crippen molar-refractivity contribution in [2.45, 2.75) is 18.9 Å². The van der Waals surface area contributed by atoms with Crippen LogP contribution in [0.5, 0.6) is 0 Å². The van der Waals surface area contributed by atoms with Crippen molar-refractivity contribution in [1.29, 1.82) is 0 Å². The molecular weight excluding hydrogens is 268 g/mol. The molecule has 0 amide bonds. The van der Waals surface area contributed by atoms with Crippen molar-refractivity contribution in [2.75, 3.05) is 20.1 Å². The Labute approximate surface area is 122 Å². The van der Waals surface area contributed by atoms with Crippen LogP contribution in [0.4, 0.5) is 0 Å². The fraction of sp³-hybridized carbons (Fsp3) is 0.375. The molecule has 2 heterocycles. The lowest BCUT2D eigenvalue weighted by molar-refractivity contribution is 0.0694. The van der Waals surface area contributed by atoms with Gasteiger partial charge in [-0.2, -0.15) is 0 Å². The first-order chi connectivity index (χ1) is 10.1. The Balaban J connectivity index is 2.23. The molecule has 0 bridgehead atoms. The summed E-state index contributed by atoms with van der Waals surface area (Å²) in [6.45, 7) is 1.92. The zero-order valence-electron chi connectivity index (χ0n) is 12.0. The van der Waals surface area contributed by atoms with Crippen LogP contribution < -0.4 is 5.43 Å². The van der Waals surface area contributed by atoms with Crippen LogP contribution in [0.3, 0.4) is 0 Å². The first-order valence-electron chi connectivity index (χ1n) is 7.13. The summed E-state index contributed by atoms with van der Waals surface area (Å²) < 4.78 is 1.97. The summed E-state index contributed by atoms with van der Waals surface area (Å²) >= 11 is 0. The number of hydrogen-bond donors (Lipinski definition) is 1. The fourth-order valence-electron chi connectivity index (χ4n) is 3.12. The highest BCUT2D eigenvalue weighted by Gasteiger charge is 2.22. The summed E-state index contributed by atoms with van der Waals surface area (Å²) in [7, 11) is 2.06. The van der Waals surface area contributed by atoms with Gasteiger partial charge in [-0.1, -0.05) is 12.1 Å². The Bertz CT molecular complexity index is 751. The van der Waals surface area contributed by atoms with Gasteiger partial charge in [0.05, 0.1) is 5.52 Å². The van der Waals surface area contributed by atoms with Crippen LogP contribution in [-0.2, 0) is 0 Å². The Kier molecular flexibility index (Phi) is 3.51. The number of para-hydroxylation sites is 1. The molecule has 3 rings (SSSR count). The van der Waals surface area contributed by atoms with Crippen LogP contribution in [0, 0.1) is 0 Å². The average molecular weight is 286 g/mol. The maximum atomic E-state index is 12.3. The maximum Gasteiger partial charge on any atom is 0.341 e. The summed E-state index contributed by atoms with van der Waals surface area (Å²) in [4.78, 5) is 25.8. The smallest absolute Gasteiger partial charge is 0.341 e. The highest BCUT2D eigenvalue weighted by molar-refractivity contribution is 5.92. The standard InChI is InChI=1S/C16H18N2O3/c1-17-8-4-5-11(9-17)18-10-13(16(20)21)15(19)12-6-2-3-7-14(12)18/h2-3,6-7,10-11H,4-5,8-9H2,1H3,(H,20,21). The van der Waals surface area contributed by atoms with E-state index in [0.717, 1.165) is 31.4 Å². The van der Waals surface area contributed by atoms with Gasteiger partial charge in [0, 0.05) is 24.2 Å². The molecule has 0 spiro atoms. The fourth-order valence-corrected chi connectivity index (χ4v) is 3.12. The second-order valence-corrected chi connectivity index (χ2v) is 5.66. The Morgan fingerprint density at radius 1 is 1.33 bits per heavy atom. The van der Waals surface area contributed by atoms with Gasteiger partial charge >= 0.3 is 5.97 Å². The molecule has 110 valence electrons. The second kappa shape index (κ2) is 5.33.